The lowest BCUT2D eigenvalue weighted by Crippen LogP contribution is -2.30. The first-order chi connectivity index (χ1) is 33.0. The van der Waals surface area contributed by atoms with Crippen LogP contribution in [0.5, 0.6) is 0 Å². The molecule has 0 saturated heterocycles. The summed E-state index contributed by atoms with van der Waals surface area (Å²) in [6.07, 6.45) is 79.3. The second kappa shape index (κ2) is 53.4. The summed E-state index contributed by atoms with van der Waals surface area (Å²) in [7, 11) is 0. The second-order valence-corrected chi connectivity index (χ2v) is 15.9. The van der Waals surface area contributed by atoms with Crippen molar-refractivity contribution in [1.29, 1.82) is 0 Å². The molecule has 370 valence electrons. The topological polar surface area (TPSA) is 78.9 Å². The van der Waals surface area contributed by atoms with Crippen LogP contribution in [0.25, 0.3) is 0 Å². The number of hydrogen-bond acceptors (Lipinski definition) is 6. The lowest BCUT2D eigenvalue weighted by molar-refractivity contribution is -0.166. The van der Waals surface area contributed by atoms with Crippen molar-refractivity contribution >= 4 is 17.9 Å². The molecule has 0 heterocycles. The SMILES string of the molecule is CC/C=C\C/C=C\C/C=C\C/C=C\C/C=C\C/C=C\CCC(=O)OCC(COC(=O)CCC/C=C\C/C=C\C/C=C\CC)OC(=O)CCCCC/C=C\C/C=C\C/C=C\C/C=C\C/C=C\CC. The maximum atomic E-state index is 12.8. The van der Waals surface area contributed by atoms with E-state index in [0.717, 1.165) is 116 Å². The Morgan fingerprint density at radius 2 is 0.582 bits per heavy atom. The fraction of sp³-hybridized carbons (Fsp3) is 0.492. The molecular formula is C61H90O6. The van der Waals surface area contributed by atoms with Gasteiger partial charge in [-0.15, -0.1) is 0 Å². The lowest BCUT2D eigenvalue weighted by atomic mass is 10.1. The normalized spacial score (nSPS) is 13.5. The third-order valence-electron chi connectivity index (χ3n) is 9.71. The molecule has 0 amide bonds. The first kappa shape index (κ1) is 61.8. The molecule has 0 aromatic rings. The molecule has 0 saturated carbocycles. The minimum Gasteiger partial charge on any atom is -0.462 e. The highest BCUT2D eigenvalue weighted by molar-refractivity contribution is 5.71. The fourth-order valence-electron chi connectivity index (χ4n) is 5.99. The maximum absolute atomic E-state index is 12.8. The molecule has 0 aliphatic rings. The van der Waals surface area contributed by atoms with Crippen LogP contribution in [0.2, 0.25) is 0 Å². The summed E-state index contributed by atoms with van der Waals surface area (Å²) in [5.74, 6) is -1.14. The first-order valence-corrected chi connectivity index (χ1v) is 25.6. The molecule has 6 heteroatoms. The molecule has 6 nitrogen and oxygen atoms in total. The summed E-state index contributed by atoms with van der Waals surface area (Å²) in [6, 6.07) is 0. The van der Waals surface area contributed by atoms with Gasteiger partial charge in [-0.3, -0.25) is 14.4 Å². The van der Waals surface area contributed by atoms with Crippen molar-refractivity contribution in [3.05, 3.63) is 170 Å². The predicted octanol–water partition coefficient (Wildman–Crippen LogP) is 17.2. The van der Waals surface area contributed by atoms with Gasteiger partial charge in [-0.25, -0.2) is 0 Å². The second-order valence-electron chi connectivity index (χ2n) is 15.9. The Balaban J connectivity index is 4.63. The molecule has 0 aliphatic carbocycles. The van der Waals surface area contributed by atoms with Crippen LogP contribution in [0, 0.1) is 0 Å². The number of unbranched alkanes of at least 4 members (excludes halogenated alkanes) is 4. The van der Waals surface area contributed by atoms with Crippen LogP contribution in [0.1, 0.15) is 175 Å². The van der Waals surface area contributed by atoms with E-state index in [0.29, 0.717) is 19.3 Å². The highest BCUT2D eigenvalue weighted by Gasteiger charge is 2.19. The van der Waals surface area contributed by atoms with Crippen molar-refractivity contribution < 1.29 is 28.6 Å². The first-order valence-electron chi connectivity index (χ1n) is 25.6. The Labute approximate surface area is 409 Å². The highest BCUT2D eigenvalue weighted by Crippen LogP contribution is 2.10. The van der Waals surface area contributed by atoms with Crippen LogP contribution in [-0.2, 0) is 28.6 Å². The van der Waals surface area contributed by atoms with Crippen LogP contribution in [0.15, 0.2) is 170 Å². The molecule has 0 fully saturated rings. The summed E-state index contributed by atoms with van der Waals surface area (Å²) in [4.78, 5) is 37.9. The zero-order valence-electron chi connectivity index (χ0n) is 42.1. The quantitative estimate of drug-likeness (QED) is 0.0262. The third-order valence-corrected chi connectivity index (χ3v) is 9.71. The molecule has 0 radical (unpaired) electrons. The monoisotopic (exact) mass is 919 g/mol. The Morgan fingerprint density at radius 3 is 0.940 bits per heavy atom. The Bertz CT molecular complexity index is 1620. The van der Waals surface area contributed by atoms with Gasteiger partial charge in [-0.05, 0) is 128 Å². The lowest BCUT2D eigenvalue weighted by Gasteiger charge is -2.18. The van der Waals surface area contributed by atoms with Crippen molar-refractivity contribution in [2.45, 2.75) is 181 Å². The summed E-state index contributed by atoms with van der Waals surface area (Å²) < 4.78 is 16.6. The van der Waals surface area contributed by atoms with Crippen molar-refractivity contribution in [1.82, 2.24) is 0 Å². The molecule has 0 rings (SSSR count). The summed E-state index contributed by atoms with van der Waals surface area (Å²) >= 11 is 0. The molecule has 0 N–H and O–H groups in total. The largest absolute Gasteiger partial charge is 0.462 e. The van der Waals surface area contributed by atoms with Crippen LogP contribution >= 0.6 is 0 Å². The standard InChI is InChI=1S/C61H90O6/c1-4-7-10-13-16-19-22-24-26-28-30-32-34-36-39-42-45-48-51-54-60(63)66-57-58(56-65-59(62)53-50-47-44-41-38-21-18-15-12-9-6-3)67-61(64)55-52-49-46-43-40-37-35-33-31-29-27-25-23-20-17-14-11-8-5-2/h7-12,16-21,24-27,30-33,36-37,39-41,44-45,48,58H,4-6,13-15,22-23,28-29,34-35,38,42-43,46-47,49-57H2,1-3H3/b10-7-,11-8-,12-9-,19-16-,20-17-,21-18-,26-24-,27-25-,32-30-,33-31-,39-36-,40-37-,44-41-,48-45-. The van der Waals surface area contributed by atoms with Crippen molar-refractivity contribution in [2.24, 2.45) is 0 Å². The van der Waals surface area contributed by atoms with E-state index in [1.807, 2.05) is 12.2 Å². The van der Waals surface area contributed by atoms with E-state index >= 15 is 0 Å². The number of carbonyl (C=O) groups excluding carboxylic acids is 3. The number of carbonyl (C=O) groups is 3. The smallest absolute Gasteiger partial charge is 0.306 e. The molecule has 67 heavy (non-hydrogen) atoms. The Kier molecular flexibility index (Phi) is 49.2. The van der Waals surface area contributed by atoms with Crippen molar-refractivity contribution in [3.63, 3.8) is 0 Å². The molecule has 0 aromatic heterocycles. The van der Waals surface area contributed by atoms with E-state index < -0.39 is 6.10 Å². The van der Waals surface area contributed by atoms with Gasteiger partial charge < -0.3 is 14.2 Å². The number of ether oxygens (including phenoxy) is 3. The zero-order chi connectivity index (χ0) is 48.6. The van der Waals surface area contributed by atoms with E-state index in [1.54, 1.807) is 0 Å². The van der Waals surface area contributed by atoms with Gasteiger partial charge >= 0.3 is 17.9 Å². The summed E-state index contributed by atoms with van der Waals surface area (Å²) in [5.41, 5.74) is 0. The van der Waals surface area contributed by atoms with Crippen molar-refractivity contribution in [3.8, 4) is 0 Å². The van der Waals surface area contributed by atoms with Crippen molar-refractivity contribution in [2.75, 3.05) is 13.2 Å². The van der Waals surface area contributed by atoms with Crippen LogP contribution in [-0.4, -0.2) is 37.2 Å². The van der Waals surface area contributed by atoms with Gasteiger partial charge in [0, 0.05) is 19.3 Å². The predicted molar refractivity (Wildman–Crippen MR) is 288 cm³/mol. The van der Waals surface area contributed by atoms with Gasteiger partial charge in [0.1, 0.15) is 13.2 Å². The molecule has 0 spiro atoms. The van der Waals surface area contributed by atoms with Crippen LogP contribution in [0.3, 0.4) is 0 Å². The number of esters is 3. The summed E-state index contributed by atoms with van der Waals surface area (Å²) in [5, 5.41) is 0. The average Bonchev–Trinajstić information content (AvgIpc) is 3.33. The van der Waals surface area contributed by atoms with Gasteiger partial charge in [0.2, 0.25) is 0 Å². The van der Waals surface area contributed by atoms with Gasteiger partial charge in [0.25, 0.3) is 0 Å². The molecule has 0 aliphatic heterocycles. The molecule has 0 bridgehead atoms. The molecule has 1 atom stereocenters. The van der Waals surface area contributed by atoms with E-state index in [2.05, 4.69) is 179 Å². The van der Waals surface area contributed by atoms with Gasteiger partial charge in [-0.2, -0.15) is 0 Å². The average molecular weight is 919 g/mol. The molecule has 0 aromatic carbocycles. The van der Waals surface area contributed by atoms with E-state index in [9.17, 15) is 14.4 Å². The zero-order valence-corrected chi connectivity index (χ0v) is 42.1. The molecule has 1 unspecified atom stereocenters. The summed E-state index contributed by atoms with van der Waals surface area (Å²) in [6.45, 7) is 6.11. The minimum atomic E-state index is -0.855. The highest BCUT2D eigenvalue weighted by atomic mass is 16.6. The molecular weight excluding hydrogens is 829 g/mol. The number of hydrogen-bond donors (Lipinski definition) is 0. The van der Waals surface area contributed by atoms with Gasteiger partial charge in [0.05, 0.1) is 0 Å². The third kappa shape index (κ3) is 51.6. The van der Waals surface area contributed by atoms with E-state index in [-0.39, 0.29) is 50.4 Å². The Morgan fingerprint density at radius 1 is 0.299 bits per heavy atom. The number of allylic oxidation sites excluding steroid dienone is 28. The van der Waals surface area contributed by atoms with Gasteiger partial charge in [-0.1, -0.05) is 197 Å². The van der Waals surface area contributed by atoms with Crippen LogP contribution in [0.4, 0.5) is 0 Å². The van der Waals surface area contributed by atoms with E-state index in [4.69, 9.17) is 14.2 Å². The maximum Gasteiger partial charge on any atom is 0.306 e. The Hall–Kier alpha value is -5.23. The van der Waals surface area contributed by atoms with Crippen LogP contribution < -0.4 is 0 Å². The fourth-order valence-corrected chi connectivity index (χ4v) is 5.99. The number of rotatable bonds is 43. The van der Waals surface area contributed by atoms with Gasteiger partial charge in [0.15, 0.2) is 6.10 Å². The van der Waals surface area contributed by atoms with E-state index in [1.165, 1.54) is 0 Å². The minimum absolute atomic E-state index is 0.151.